The number of benzene rings is 2. The van der Waals surface area contributed by atoms with Gasteiger partial charge in [-0.15, -0.1) is 0 Å². The fourth-order valence-corrected chi connectivity index (χ4v) is 7.67. The molecule has 0 aromatic heterocycles. The molecule has 3 N–H and O–H groups in total. The Morgan fingerprint density at radius 3 is 2.71 bits per heavy atom. The van der Waals surface area contributed by atoms with E-state index < -0.39 is 29.2 Å². The minimum absolute atomic E-state index is 0.0446. The predicted molar refractivity (Wildman–Crippen MR) is 165 cm³/mol. The Labute approximate surface area is 257 Å². The zero-order valence-electron chi connectivity index (χ0n) is 24.6. The fourth-order valence-electron chi connectivity index (χ4n) is 7.32. The molecule has 0 bridgehead atoms. The molecule has 0 saturated carbocycles. The molecule has 2 aromatic carbocycles. The number of nitrogens with zero attached hydrogens (tertiary/aromatic N) is 1. The number of nitrogens with one attached hydrogen (secondary N) is 3. The lowest BCUT2D eigenvalue weighted by Crippen LogP contribution is -2.50. The van der Waals surface area contributed by atoms with Gasteiger partial charge in [-0.3, -0.25) is 14.5 Å². The van der Waals surface area contributed by atoms with Crippen LogP contribution in [-0.4, -0.2) is 68.2 Å². The summed E-state index contributed by atoms with van der Waals surface area (Å²) in [5.41, 5.74) is 0.153. The summed E-state index contributed by atoms with van der Waals surface area (Å²) in [6, 6.07) is 8.81. The summed E-state index contributed by atoms with van der Waals surface area (Å²) in [5, 5.41) is 10.1. The molecule has 2 saturated heterocycles. The molecule has 7 nitrogen and oxygen atoms in total. The van der Waals surface area contributed by atoms with Gasteiger partial charge in [-0.1, -0.05) is 68.6 Å². The van der Waals surface area contributed by atoms with Crippen LogP contribution in [-0.2, 0) is 19.7 Å². The van der Waals surface area contributed by atoms with E-state index in [1.807, 2.05) is 6.07 Å². The summed E-state index contributed by atoms with van der Waals surface area (Å²) in [5.74, 6) is -1.98. The number of anilines is 1. The summed E-state index contributed by atoms with van der Waals surface area (Å²) in [4.78, 5) is 30.6. The number of carbonyl (C=O) groups is 2. The lowest BCUT2D eigenvalue weighted by atomic mass is 9.62. The van der Waals surface area contributed by atoms with E-state index in [2.05, 4.69) is 41.6 Å². The fraction of sp³-hybridized carbons (Fsp3) is 0.562. The van der Waals surface area contributed by atoms with Gasteiger partial charge in [0.1, 0.15) is 11.2 Å². The van der Waals surface area contributed by atoms with Crippen molar-refractivity contribution in [1.82, 2.24) is 15.5 Å². The minimum Gasteiger partial charge on any atom is -0.379 e. The summed E-state index contributed by atoms with van der Waals surface area (Å²) in [6.45, 7) is 11.0. The van der Waals surface area contributed by atoms with Crippen LogP contribution in [0.25, 0.3) is 0 Å². The van der Waals surface area contributed by atoms with Crippen molar-refractivity contribution >= 4 is 40.7 Å². The summed E-state index contributed by atoms with van der Waals surface area (Å²) < 4.78 is 21.4. The third-order valence-electron chi connectivity index (χ3n) is 9.14. The molecule has 3 aliphatic rings. The van der Waals surface area contributed by atoms with Crippen LogP contribution in [0.2, 0.25) is 10.0 Å². The summed E-state index contributed by atoms with van der Waals surface area (Å²) in [6.07, 6.45) is 3.29. The van der Waals surface area contributed by atoms with Crippen LogP contribution in [0.15, 0.2) is 36.4 Å². The average Bonchev–Trinajstić information content (AvgIpc) is 3.42. The van der Waals surface area contributed by atoms with Crippen molar-refractivity contribution < 1.29 is 18.7 Å². The quantitative estimate of drug-likeness (QED) is 0.306. The van der Waals surface area contributed by atoms with Gasteiger partial charge in [0.05, 0.1) is 24.3 Å². The van der Waals surface area contributed by atoms with Gasteiger partial charge >= 0.3 is 0 Å². The normalized spacial score (nSPS) is 26.0. The Balaban J connectivity index is 1.55. The SMILES string of the molecule is CCCC(C)(C)CC1NC(C(=O)NCCCN2CCOCC2)C(c2cccc(Cl)c2F)C12C(=O)Nc1cc(Cl)ccc12. The van der Waals surface area contributed by atoms with E-state index in [-0.39, 0.29) is 27.8 Å². The number of carbonyl (C=O) groups excluding carboxylic acids is 2. The number of halogens is 3. The molecule has 2 aromatic rings. The molecule has 2 fully saturated rings. The van der Waals surface area contributed by atoms with Crippen LogP contribution in [0.3, 0.4) is 0 Å². The largest absolute Gasteiger partial charge is 0.379 e. The van der Waals surface area contributed by atoms with Crippen molar-refractivity contribution in [3.63, 3.8) is 0 Å². The molecule has 1 spiro atoms. The maximum absolute atomic E-state index is 15.9. The minimum atomic E-state index is -1.26. The smallest absolute Gasteiger partial charge is 0.237 e. The molecule has 4 unspecified atom stereocenters. The molecule has 3 heterocycles. The third kappa shape index (κ3) is 5.93. The van der Waals surface area contributed by atoms with E-state index in [9.17, 15) is 9.59 Å². The lowest BCUT2D eigenvalue weighted by molar-refractivity contribution is -0.123. The van der Waals surface area contributed by atoms with E-state index in [1.54, 1.807) is 24.3 Å². The Morgan fingerprint density at radius 2 is 1.98 bits per heavy atom. The van der Waals surface area contributed by atoms with E-state index in [4.69, 9.17) is 27.9 Å². The maximum atomic E-state index is 15.9. The average molecular weight is 620 g/mol. The number of morpholine rings is 1. The Kier molecular flexibility index (Phi) is 9.50. The summed E-state index contributed by atoms with van der Waals surface area (Å²) >= 11 is 12.6. The van der Waals surface area contributed by atoms with Crippen molar-refractivity contribution in [2.24, 2.45) is 5.41 Å². The Hall–Kier alpha value is -2.23. The van der Waals surface area contributed by atoms with Crippen LogP contribution in [0.5, 0.6) is 0 Å². The molecule has 3 aliphatic heterocycles. The van der Waals surface area contributed by atoms with Crippen molar-refractivity contribution in [3.8, 4) is 0 Å². The second-order valence-electron chi connectivity index (χ2n) is 12.5. The van der Waals surface area contributed by atoms with E-state index in [1.165, 1.54) is 6.07 Å². The highest BCUT2D eigenvalue weighted by Crippen LogP contribution is 2.57. The molecule has 2 amide bonds. The molecule has 228 valence electrons. The molecular formula is C32H41Cl2FN4O3. The molecule has 0 radical (unpaired) electrons. The maximum Gasteiger partial charge on any atom is 0.237 e. The number of ether oxygens (including phenoxy) is 1. The van der Waals surface area contributed by atoms with Gasteiger partial charge in [0.2, 0.25) is 11.8 Å². The Bertz CT molecular complexity index is 1320. The topological polar surface area (TPSA) is 82.7 Å². The molecule has 5 rings (SSSR count). The number of hydrogen-bond donors (Lipinski definition) is 3. The van der Waals surface area contributed by atoms with Gasteiger partial charge in [-0.25, -0.2) is 4.39 Å². The highest BCUT2D eigenvalue weighted by Gasteiger charge is 2.66. The zero-order valence-corrected chi connectivity index (χ0v) is 26.1. The molecule has 10 heteroatoms. The van der Waals surface area contributed by atoms with Crippen molar-refractivity contribution in [2.45, 2.75) is 69.9 Å². The molecule has 42 heavy (non-hydrogen) atoms. The van der Waals surface area contributed by atoms with Crippen LogP contribution >= 0.6 is 23.2 Å². The number of hydrogen-bond acceptors (Lipinski definition) is 5. The van der Waals surface area contributed by atoms with Gasteiger partial charge in [0.25, 0.3) is 0 Å². The molecular weight excluding hydrogens is 578 g/mol. The second-order valence-corrected chi connectivity index (χ2v) is 13.4. The zero-order chi connectivity index (χ0) is 30.1. The highest BCUT2D eigenvalue weighted by molar-refractivity contribution is 6.31. The first-order valence-corrected chi connectivity index (χ1v) is 15.7. The van der Waals surface area contributed by atoms with Crippen LogP contribution < -0.4 is 16.0 Å². The van der Waals surface area contributed by atoms with E-state index >= 15 is 4.39 Å². The first kappa shape index (κ1) is 31.2. The monoisotopic (exact) mass is 618 g/mol. The first-order chi connectivity index (χ1) is 20.1. The van der Waals surface area contributed by atoms with Crippen LogP contribution in [0.1, 0.15) is 63.5 Å². The van der Waals surface area contributed by atoms with E-state index in [0.29, 0.717) is 29.2 Å². The van der Waals surface area contributed by atoms with Crippen molar-refractivity contribution in [2.75, 3.05) is 44.7 Å². The predicted octanol–water partition coefficient (Wildman–Crippen LogP) is 5.50. The van der Waals surface area contributed by atoms with Crippen molar-refractivity contribution in [3.05, 3.63) is 63.4 Å². The van der Waals surface area contributed by atoms with Gasteiger partial charge in [0.15, 0.2) is 0 Å². The Morgan fingerprint density at radius 1 is 1.21 bits per heavy atom. The first-order valence-electron chi connectivity index (χ1n) is 15.0. The number of rotatable bonds is 10. The molecule has 0 aliphatic carbocycles. The highest BCUT2D eigenvalue weighted by atomic mass is 35.5. The van der Waals surface area contributed by atoms with E-state index in [0.717, 1.165) is 52.1 Å². The molecule has 4 atom stereocenters. The van der Waals surface area contributed by atoms with Gasteiger partial charge in [-0.05, 0) is 60.5 Å². The second kappa shape index (κ2) is 12.8. The van der Waals surface area contributed by atoms with Crippen LogP contribution in [0, 0.1) is 11.2 Å². The van der Waals surface area contributed by atoms with Gasteiger partial charge in [0, 0.05) is 42.3 Å². The van der Waals surface area contributed by atoms with Crippen molar-refractivity contribution in [1.29, 1.82) is 0 Å². The van der Waals surface area contributed by atoms with Gasteiger partial charge in [-0.2, -0.15) is 0 Å². The van der Waals surface area contributed by atoms with Gasteiger partial charge < -0.3 is 20.7 Å². The van der Waals surface area contributed by atoms with Crippen LogP contribution in [0.4, 0.5) is 10.1 Å². The third-order valence-corrected chi connectivity index (χ3v) is 9.67. The standard InChI is InChI=1S/C32H41Cl2FN4O3/c1-4-11-31(2,3)19-25-32(22-10-9-20(33)18-24(22)37-30(32)41)26(21-7-5-8-23(34)27(21)35)28(38-25)29(40)36-12-6-13-39-14-16-42-17-15-39/h5,7-10,18,25-26,28,38H,4,6,11-17,19H2,1-3H3,(H,36,40)(H,37,41). The number of amides is 2. The number of fused-ring (bicyclic) bond motifs is 2. The lowest BCUT2D eigenvalue weighted by Gasteiger charge is -2.38. The summed E-state index contributed by atoms with van der Waals surface area (Å²) in [7, 11) is 0.